The summed E-state index contributed by atoms with van der Waals surface area (Å²) in [7, 11) is -4.59. The molecule has 1 aromatic carbocycles. The molecule has 0 unspecified atom stereocenters. The molecular weight excluding hydrogens is 262 g/mol. The fourth-order valence-corrected chi connectivity index (χ4v) is 1.40. The van der Waals surface area contributed by atoms with Crippen LogP contribution in [0.15, 0.2) is 29.8 Å². The van der Waals surface area contributed by atoms with Gasteiger partial charge in [0.25, 0.3) is 0 Å². The van der Waals surface area contributed by atoms with E-state index in [0.29, 0.717) is 5.56 Å². The van der Waals surface area contributed by atoms with E-state index in [2.05, 4.69) is 4.18 Å². The molecule has 0 saturated heterocycles. The largest absolute Gasteiger partial charge is 0.477 e. The van der Waals surface area contributed by atoms with Gasteiger partial charge in [0.15, 0.2) is 0 Å². The minimum atomic E-state index is -4.59. The molecule has 2 N–H and O–H groups in total. The second kappa shape index (κ2) is 5.31. The molecule has 0 atom stereocenters. The lowest BCUT2D eigenvalue weighted by molar-refractivity contribution is -0.132. The van der Waals surface area contributed by atoms with Crippen molar-refractivity contribution >= 4 is 22.4 Å². The van der Waals surface area contributed by atoms with Crippen LogP contribution in [0.25, 0.3) is 6.08 Å². The van der Waals surface area contributed by atoms with Crippen molar-refractivity contribution in [2.75, 3.05) is 0 Å². The van der Waals surface area contributed by atoms with Gasteiger partial charge in [0, 0.05) is 0 Å². The van der Waals surface area contributed by atoms with Gasteiger partial charge in [-0.1, -0.05) is 12.1 Å². The molecule has 0 aliphatic carbocycles. The fourth-order valence-electron chi connectivity index (χ4n) is 1.05. The lowest BCUT2D eigenvalue weighted by atomic mass is 10.1. The zero-order valence-corrected chi connectivity index (χ0v) is 9.59. The van der Waals surface area contributed by atoms with Crippen molar-refractivity contribution in [2.45, 2.75) is 0 Å². The molecule has 0 aliphatic heterocycles. The third kappa shape index (κ3) is 4.25. The predicted molar refractivity (Wildman–Crippen MR) is 59.8 cm³/mol. The maximum absolute atomic E-state index is 10.6. The quantitative estimate of drug-likeness (QED) is 0.471. The van der Waals surface area contributed by atoms with Gasteiger partial charge in [-0.3, -0.25) is 4.55 Å². The normalized spacial score (nSPS) is 11.7. The van der Waals surface area contributed by atoms with E-state index in [-0.39, 0.29) is 5.75 Å². The van der Waals surface area contributed by atoms with E-state index in [1.165, 1.54) is 30.3 Å². The molecule has 0 bridgehead atoms. The Kier molecular flexibility index (Phi) is 4.04. The van der Waals surface area contributed by atoms with Gasteiger partial charge in [-0.05, 0) is 23.8 Å². The average molecular weight is 269 g/mol. The Balaban J connectivity index is 2.97. The van der Waals surface area contributed by atoms with Crippen LogP contribution in [0.3, 0.4) is 0 Å². The van der Waals surface area contributed by atoms with E-state index >= 15 is 0 Å². The highest BCUT2D eigenvalue weighted by atomic mass is 32.3. The van der Waals surface area contributed by atoms with Crippen molar-refractivity contribution in [3.8, 4) is 11.8 Å². The van der Waals surface area contributed by atoms with Gasteiger partial charge in [0.05, 0.1) is 0 Å². The molecule has 7 nitrogen and oxygen atoms in total. The number of carboxylic acid groups (broad SMARTS) is 1. The van der Waals surface area contributed by atoms with Gasteiger partial charge in [-0.2, -0.15) is 13.7 Å². The molecule has 0 amide bonds. The molecule has 0 radical (unpaired) electrons. The highest BCUT2D eigenvalue weighted by molar-refractivity contribution is 7.81. The summed E-state index contributed by atoms with van der Waals surface area (Å²) in [6.45, 7) is 0. The topological polar surface area (TPSA) is 125 Å². The first kappa shape index (κ1) is 13.7. The highest BCUT2D eigenvalue weighted by Gasteiger charge is 2.08. The first-order valence-corrected chi connectivity index (χ1v) is 5.80. The number of hydrogen-bond acceptors (Lipinski definition) is 5. The summed E-state index contributed by atoms with van der Waals surface area (Å²) in [5.41, 5.74) is -0.0879. The fraction of sp³-hybridized carbons (Fsp3) is 0. The SMILES string of the molecule is N#CC(=Cc1ccc(OS(=O)(=O)O)cc1)C(=O)O. The number of hydrogen-bond donors (Lipinski definition) is 2. The number of rotatable bonds is 4. The van der Waals surface area contributed by atoms with Gasteiger partial charge in [-0.25, -0.2) is 4.79 Å². The van der Waals surface area contributed by atoms with Crippen molar-refractivity contribution in [1.82, 2.24) is 0 Å². The van der Waals surface area contributed by atoms with E-state index in [1.54, 1.807) is 0 Å². The monoisotopic (exact) mass is 269 g/mol. The summed E-state index contributed by atoms with van der Waals surface area (Å²) in [5, 5.41) is 17.1. The van der Waals surface area contributed by atoms with E-state index in [4.69, 9.17) is 14.9 Å². The van der Waals surface area contributed by atoms with E-state index in [0.717, 1.165) is 6.08 Å². The molecule has 0 heterocycles. The van der Waals surface area contributed by atoms with Crippen molar-refractivity contribution in [3.05, 3.63) is 35.4 Å². The third-order valence-corrected chi connectivity index (χ3v) is 2.15. The number of aliphatic carboxylic acids is 1. The van der Waals surface area contributed by atoms with E-state index in [9.17, 15) is 13.2 Å². The van der Waals surface area contributed by atoms with Gasteiger partial charge in [-0.15, -0.1) is 0 Å². The van der Waals surface area contributed by atoms with Crippen LogP contribution in [0.2, 0.25) is 0 Å². The molecule has 0 spiro atoms. The Hall–Kier alpha value is -2.37. The molecule has 18 heavy (non-hydrogen) atoms. The van der Waals surface area contributed by atoms with Crippen LogP contribution in [0.1, 0.15) is 5.56 Å². The van der Waals surface area contributed by atoms with Crippen LogP contribution in [0.4, 0.5) is 0 Å². The lowest BCUT2D eigenvalue weighted by Gasteiger charge is -2.01. The summed E-state index contributed by atoms with van der Waals surface area (Å²) in [6.07, 6.45) is 1.11. The molecule has 1 rings (SSSR count). The summed E-state index contributed by atoms with van der Waals surface area (Å²) in [5.74, 6) is -1.50. The molecule has 0 aliphatic rings. The first-order valence-electron chi connectivity index (χ1n) is 4.44. The third-order valence-electron chi connectivity index (χ3n) is 1.74. The lowest BCUT2D eigenvalue weighted by Crippen LogP contribution is -2.06. The minimum absolute atomic E-state index is 0.136. The van der Waals surface area contributed by atoms with Crippen molar-refractivity contribution in [1.29, 1.82) is 5.26 Å². The van der Waals surface area contributed by atoms with Gasteiger partial charge < -0.3 is 9.29 Å². The van der Waals surface area contributed by atoms with Crippen molar-refractivity contribution < 1.29 is 27.1 Å². The molecule has 0 saturated carbocycles. The molecule has 1 aromatic rings. The highest BCUT2D eigenvalue weighted by Crippen LogP contribution is 2.15. The summed E-state index contributed by atoms with van der Waals surface area (Å²) >= 11 is 0. The Labute approximate surface area is 103 Å². The van der Waals surface area contributed by atoms with Crippen molar-refractivity contribution in [2.24, 2.45) is 0 Å². The first-order chi connectivity index (χ1) is 8.31. The summed E-state index contributed by atoms with van der Waals surface area (Å²) in [4.78, 5) is 10.6. The Morgan fingerprint density at radius 3 is 2.28 bits per heavy atom. The van der Waals surface area contributed by atoms with Crippen LogP contribution in [0.5, 0.6) is 5.75 Å². The van der Waals surface area contributed by atoms with Crippen LogP contribution < -0.4 is 4.18 Å². The Morgan fingerprint density at radius 2 is 1.89 bits per heavy atom. The minimum Gasteiger partial charge on any atom is -0.477 e. The smallest absolute Gasteiger partial charge is 0.446 e. The standard InChI is InChI=1S/C10H7NO6S/c11-6-8(10(12)13)5-7-1-3-9(4-2-7)17-18(14,15)16/h1-5H,(H,12,13)(H,14,15,16). The molecule has 94 valence electrons. The Morgan fingerprint density at radius 1 is 1.33 bits per heavy atom. The van der Waals surface area contributed by atoms with Crippen LogP contribution in [-0.2, 0) is 15.2 Å². The number of nitriles is 1. The summed E-state index contributed by atoms with van der Waals surface area (Å²) in [6, 6.07) is 6.58. The Bertz CT molecular complexity index is 623. The molecular formula is C10H7NO6S. The number of carbonyl (C=O) groups is 1. The zero-order chi connectivity index (χ0) is 13.8. The summed E-state index contributed by atoms with van der Waals surface area (Å²) < 4.78 is 33.4. The van der Waals surface area contributed by atoms with Gasteiger partial charge in [0.2, 0.25) is 0 Å². The number of nitrogens with zero attached hydrogens (tertiary/aromatic N) is 1. The van der Waals surface area contributed by atoms with Gasteiger partial charge >= 0.3 is 16.4 Å². The molecule has 0 fully saturated rings. The second-order valence-electron chi connectivity index (χ2n) is 3.06. The van der Waals surface area contributed by atoms with E-state index in [1.807, 2.05) is 0 Å². The predicted octanol–water partition coefficient (Wildman–Crippen LogP) is 0.860. The molecule has 8 heteroatoms. The molecule has 0 aromatic heterocycles. The maximum Gasteiger partial charge on any atom is 0.446 e. The zero-order valence-electron chi connectivity index (χ0n) is 8.77. The maximum atomic E-state index is 10.6. The van der Waals surface area contributed by atoms with E-state index < -0.39 is 21.9 Å². The van der Waals surface area contributed by atoms with Crippen LogP contribution in [0, 0.1) is 11.3 Å². The number of carboxylic acids is 1. The van der Waals surface area contributed by atoms with Crippen molar-refractivity contribution in [3.63, 3.8) is 0 Å². The van der Waals surface area contributed by atoms with Gasteiger partial charge in [0.1, 0.15) is 17.4 Å². The number of benzene rings is 1. The second-order valence-corrected chi connectivity index (χ2v) is 4.08. The van der Waals surface area contributed by atoms with Crippen LogP contribution >= 0.6 is 0 Å². The average Bonchev–Trinajstić information content (AvgIpc) is 2.25. The van der Waals surface area contributed by atoms with Crippen LogP contribution in [-0.4, -0.2) is 24.0 Å².